The number of nitrogen functional groups attached to an aromatic ring is 1. The van der Waals surface area contributed by atoms with Gasteiger partial charge in [-0.2, -0.15) is 0 Å². The predicted molar refractivity (Wildman–Crippen MR) is 65.2 cm³/mol. The Labute approximate surface area is 104 Å². The number of nitrogens with two attached hydrogens (primary N) is 1. The van der Waals surface area contributed by atoms with E-state index >= 15 is 0 Å². The van der Waals surface area contributed by atoms with E-state index in [4.69, 9.17) is 5.73 Å². The molecule has 1 aromatic rings. The van der Waals surface area contributed by atoms with Crippen molar-refractivity contribution < 1.29 is 13.6 Å². The van der Waals surface area contributed by atoms with E-state index in [1.807, 2.05) is 0 Å². The minimum absolute atomic E-state index is 0.0865. The molecule has 1 fully saturated rings. The number of amides is 1. The Morgan fingerprint density at radius 1 is 1.28 bits per heavy atom. The van der Waals surface area contributed by atoms with Gasteiger partial charge in [0.05, 0.1) is 17.9 Å². The highest BCUT2D eigenvalue weighted by atomic mass is 19.1. The maximum absolute atomic E-state index is 13.4. The van der Waals surface area contributed by atoms with E-state index in [2.05, 4.69) is 0 Å². The summed E-state index contributed by atoms with van der Waals surface area (Å²) in [6.07, 6.45) is 0.736. The highest BCUT2D eigenvalue weighted by Gasteiger charge is 2.22. The van der Waals surface area contributed by atoms with E-state index in [9.17, 15) is 13.6 Å². The lowest BCUT2D eigenvalue weighted by Crippen LogP contribution is -2.34. The Balaban J connectivity index is 2.33. The molecule has 0 bridgehead atoms. The summed E-state index contributed by atoms with van der Waals surface area (Å²) >= 11 is 0. The lowest BCUT2D eigenvalue weighted by molar-refractivity contribution is -0.127. The van der Waals surface area contributed by atoms with Crippen LogP contribution in [0.5, 0.6) is 0 Å². The van der Waals surface area contributed by atoms with Crippen molar-refractivity contribution in [2.45, 2.75) is 6.42 Å². The largest absolute Gasteiger partial charge is 0.395 e. The van der Waals surface area contributed by atoms with Crippen LogP contribution in [0.4, 0.5) is 20.2 Å². The van der Waals surface area contributed by atoms with Gasteiger partial charge in [-0.15, -0.1) is 0 Å². The number of nitrogens with zero attached hydrogens (tertiary/aromatic N) is 2. The fourth-order valence-corrected chi connectivity index (χ4v) is 2.02. The van der Waals surface area contributed by atoms with Crippen LogP contribution in [0, 0.1) is 11.6 Å². The predicted octanol–water partition coefficient (Wildman–Crippen LogP) is 1.22. The van der Waals surface area contributed by atoms with Crippen LogP contribution in [0.25, 0.3) is 0 Å². The first kappa shape index (κ1) is 12.6. The molecular formula is C12H15F2N3O. The number of benzene rings is 1. The van der Waals surface area contributed by atoms with Crippen molar-refractivity contribution in [3.8, 4) is 0 Å². The molecule has 1 heterocycles. The van der Waals surface area contributed by atoms with Crippen LogP contribution in [-0.4, -0.2) is 37.5 Å². The van der Waals surface area contributed by atoms with Crippen LogP contribution in [0.3, 0.4) is 0 Å². The maximum Gasteiger partial charge on any atom is 0.241 e. The Kier molecular flexibility index (Phi) is 3.36. The van der Waals surface area contributed by atoms with Crippen LogP contribution in [-0.2, 0) is 4.79 Å². The number of hydrogen-bond donors (Lipinski definition) is 1. The summed E-state index contributed by atoms with van der Waals surface area (Å²) in [6, 6.07) is 1.90. The first-order valence-corrected chi connectivity index (χ1v) is 5.72. The first-order chi connectivity index (χ1) is 8.49. The van der Waals surface area contributed by atoms with Gasteiger partial charge in [0.2, 0.25) is 5.91 Å². The summed E-state index contributed by atoms with van der Waals surface area (Å²) in [4.78, 5) is 15.0. The van der Waals surface area contributed by atoms with E-state index in [0.29, 0.717) is 13.1 Å². The van der Waals surface area contributed by atoms with Gasteiger partial charge in [-0.1, -0.05) is 0 Å². The molecule has 0 atom stereocenters. The molecule has 1 amide bonds. The third kappa shape index (κ3) is 2.37. The molecule has 0 saturated carbocycles. The average Bonchev–Trinajstić information content (AvgIpc) is 2.47. The smallest absolute Gasteiger partial charge is 0.241 e. The molecular weight excluding hydrogens is 240 g/mol. The Morgan fingerprint density at radius 3 is 2.72 bits per heavy atom. The van der Waals surface area contributed by atoms with Crippen molar-refractivity contribution in [3.05, 3.63) is 23.8 Å². The number of hydrogen-bond acceptors (Lipinski definition) is 3. The van der Waals surface area contributed by atoms with Crippen molar-refractivity contribution in [2.75, 3.05) is 37.3 Å². The third-order valence-electron chi connectivity index (χ3n) is 3.09. The normalized spacial score (nSPS) is 16.9. The standard InChI is InChI=1S/C12H15F2N3O/c1-16-3-2-4-17(7-11(16)18)10-6-8(13)5-9(14)12(10)15/h5-6H,2-4,7,15H2,1H3. The van der Waals surface area contributed by atoms with E-state index in [1.54, 1.807) is 16.8 Å². The zero-order valence-corrected chi connectivity index (χ0v) is 10.1. The number of carbonyl (C=O) groups is 1. The maximum atomic E-state index is 13.4. The summed E-state index contributed by atoms with van der Waals surface area (Å²) in [5, 5.41) is 0. The summed E-state index contributed by atoms with van der Waals surface area (Å²) < 4.78 is 26.6. The van der Waals surface area contributed by atoms with Crippen molar-refractivity contribution in [1.82, 2.24) is 4.90 Å². The molecule has 4 nitrogen and oxygen atoms in total. The highest BCUT2D eigenvalue weighted by molar-refractivity contribution is 5.83. The third-order valence-corrected chi connectivity index (χ3v) is 3.09. The van der Waals surface area contributed by atoms with Crippen molar-refractivity contribution in [3.63, 3.8) is 0 Å². The van der Waals surface area contributed by atoms with Crippen LogP contribution in [0.1, 0.15) is 6.42 Å². The van der Waals surface area contributed by atoms with Gasteiger partial charge in [-0.25, -0.2) is 8.78 Å². The zero-order chi connectivity index (χ0) is 13.3. The summed E-state index contributed by atoms with van der Waals surface area (Å²) in [7, 11) is 1.71. The molecule has 2 rings (SSSR count). The van der Waals surface area contributed by atoms with Crippen molar-refractivity contribution in [1.29, 1.82) is 0 Å². The summed E-state index contributed by atoms with van der Waals surface area (Å²) in [6.45, 7) is 1.26. The molecule has 18 heavy (non-hydrogen) atoms. The van der Waals surface area contributed by atoms with E-state index < -0.39 is 11.6 Å². The topological polar surface area (TPSA) is 49.6 Å². The van der Waals surface area contributed by atoms with Crippen LogP contribution in [0.2, 0.25) is 0 Å². The average molecular weight is 255 g/mol. The number of halogens is 2. The fraction of sp³-hybridized carbons (Fsp3) is 0.417. The number of likely N-dealkylation sites (N-methyl/N-ethyl adjacent to an activating group) is 1. The van der Waals surface area contributed by atoms with Gasteiger partial charge < -0.3 is 15.5 Å². The minimum Gasteiger partial charge on any atom is -0.395 e. The van der Waals surface area contributed by atoms with Crippen molar-refractivity contribution in [2.24, 2.45) is 0 Å². The first-order valence-electron chi connectivity index (χ1n) is 5.72. The minimum atomic E-state index is -0.796. The SMILES string of the molecule is CN1CCCN(c2cc(F)cc(F)c2N)CC1=O. The second-order valence-corrected chi connectivity index (χ2v) is 4.41. The second kappa shape index (κ2) is 4.80. The van der Waals surface area contributed by atoms with E-state index in [-0.39, 0.29) is 23.8 Å². The summed E-state index contributed by atoms with van der Waals surface area (Å²) in [5.74, 6) is -1.58. The molecule has 0 aliphatic carbocycles. The van der Waals surface area contributed by atoms with E-state index in [1.165, 1.54) is 0 Å². The zero-order valence-electron chi connectivity index (χ0n) is 10.1. The van der Waals surface area contributed by atoms with Gasteiger partial charge in [-0.05, 0) is 12.5 Å². The monoisotopic (exact) mass is 255 g/mol. The van der Waals surface area contributed by atoms with Gasteiger partial charge in [0, 0.05) is 26.2 Å². The molecule has 0 radical (unpaired) electrons. The molecule has 1 saturated heterocycles. The Bertz CT molecular complexity index is 479. The molecule has 2 N–H and O–H groups in total. The van der Waals surface area contributed by atoms with Gasteiger partial charge >= 0.3 is 0 Å². The van der Waals surface area contributed by atoms with Gasteiger partial charge in [0.25, 0.3) is 0 Å². The second-order valence-electron chi connectivity index (χ2n) is 4.41. The molecule has 98 valence electrons. The summed E-state index contributed by atoms with van der Waals surface area (Å²) in [5.41, 5.74) is 5.73. The van der Waals surface area contributed by atoms with Crippen LogP contribution >= 0.6 is 0 Å². The molecule has 0 unspecified atom stereocenters. The van der Waals surface area contributed by atoms with Gasteiger partial charge in [0.1, 0.15) is 5.82 Å². The lowest BCUT2D eigenvalue weighted by atomic mass is 10.2. The quantitative estimate of drug-likeness (QED) is 0.767. The van der Waals surface area contributed by atoms with Crippen LogP contribution < -0.4 is 10.6 Å². The van der Waals surface area contributed by atoms with Gasteiger partial charge in [0.15, 0.2) is 5.82 Å². The fourth-order valence-electron chi connectivity index (χ4n) is 2.02. The molecule has 1 aliphatic rings. The van der Waals surface area contributed by atoms with Gasteiger partial charge in [-0.3, -0.25) is 4.79 Å². The molecule has 1 aromatic carbocycles. The highest BCUT2D eigenvalue weighted by Crippen LogP contribution is 2.28. The number of rotatable bonds is 1. The van der Waals surface area contributed by atoms with E-state index in [0.717, 1.165) is 18.6 Å². The molecule has 6 heteroatoms. The molecule has 0 aromatic heterocycles. The Morgan fingerprint density at radius 2 is 2.00 bits per heavy atom. The number of carbonyl (C=O) groups excluding carboxylic acids is 1. The molecule has 0 spiro atoms. The van der Waals surface area contributed by atoms with Crippen LogP contribution in [0.15, 0.2) is 12.1 Å². The lowest BCUT2D eigenvalue weighted by Gasteiger charge is -2.23. The number of anilines is 2. The molecule has 1 aliphatic heterocycles. The Hall–Kier alpha value is -1.85. The van der Waals surface area contributed by atoms with Crippen molar-refractivity contribution >= 4 is 17.3 Å².